The summed E-state index contributed by atoms with van der Waals surface area (Å²) < 4.78 is 6.14. The lowest BCUT2D eigenvalue weighted by atomic mass is 9.78. The van der Waals surface area contributed by atoms with Crippen LogP contribution in [0, 0.1) is 11.3 Å². The molecule has 0 aromatic heterocycles. The zero-order chi connectivity index (χ0) is 19.2. The first-order valence-electron chi connectivity index (χ1n) is 10.8. The van der Waals surface area contributed by atoms with E-state index in [2.05, 4.69) is 56.7 Å². The van der Waals surface area contributed by atoms with E-state index in [1.165, 1.54) is 12.8 Å². The van der Waals surface area contributed by atoms with Gasteiger partial charge in [0, 0.05) is 44.7 Å². The SMILES string of the molecule is CCNC(=NCC1CCCOC1C(C)(C)C)N1CCC(N(CC)CC)C1. The number of rotatable bonds is 6. The average Bonchev–Trinajstić information content (AvgIpc) is 3.09. The number of hydrogen-bond acceptors (Lipinski definition) is 3. The van der Waals surface area contributed by atoms with E-state index >= 15 is 0 Å². The smallest absolute Gasteiger partial charge is 0.193 e. The fourth-order valence-corrected chi connectivity index (χ4v) is 4.59. The molecule has 0 spiro atoms. The van der Waals surface area contributed by atoms with E-state index in [0.717, 1.165) is 58.3 Å². The van der Waals surface area contributed by atoms with Crippen molar-refractivity contribution in [3.8, 4) is 0 Å². The molecular weight excluding hydrogens is 324 g/mol. The quantitative estimate of drug-likeness (QED) is 0.579. The summed E-state index contributed by atoms with van der Waals surface area (Å²) in [6, 6.07) is 0.661. The summed E-state index contributed by atoms with van der Waals surface area (Å²) in [5.41, 5.74) is 0.181. The summed E-state index contributed by atoms with van der Waals surface area (Å²) in [5.74, 6) is 1.62. The number of guanidine groups is 1. The molecule has 5 nitrogen and oxygen atoms in total. The van der Waals surface area contributed by atoms with Gasteiger partial charge in [0.05, 0.1) is 6.10 Å². The molecule has 2 aliphatic rings. The summed E-state index contributed by atoms with van der Waals surface area (Å²) in [4.78, 5) is 10.1. The predicted octanol–water partition coefficient (Wildman–Crippen LogP) is 3.21. The minimum Gasteiger partial charge on any atom is -0.377 e. The van der Waals surface area contributed by atoms with E-state index in [1.807, 2.05) is 0 Å². The maximum atomic E-state index is 6.14. The molecule has 0 aromatic carbocycles. The van der Waals surface area contributed by atoms with Crippen LogP contribution in [0.3, 0.4) is 0 Å². The zero-order valence-corrected chi connectivity index (χ0v) is 18.1. The highest BCUT2D eigenvalue weighted by molar-refractivity contribution is 5.80. The molecule has 5 heteroatoms. The monoisotopic (exact) mass is 366 g/mol. The molecule has 0 aromatic rings. The van der Waals surface area contributed by atoms with E-state index in [1.54, 1.807) is 0 Å². The number of nitrogens with zero attached hydrogens (tertiary/aromatic N) is 3. The fourth-order valence-electron chi connectivity index (χ4n) is 4.59. The Morgan fingerprint density at radius 2 is 1.92 bits per heavy atom. The topological polar surface area (TPSA) is 40.1 Å². The van der Waals surface area contributed by atoms with Crippen LogP contribution in [0.2, 0.25) is 0 Å². The van der Waals surface area contributed by atoms with Crippen LogP contribution in [0.25, 0.3) is 0 Å². The van der Waals surface area contributed by atoms with Gasteiger partial charge in [-0.3, -0.25) is 9.89 Å². The van der Waals surface area contributed by atoms with Crippen LogP contribution in [-0.4, -0.2) is 73.8 Å². The van der Waals surface area contributed by atoms with Crippen molar-refractivity contribution in [1.82, 2.24) is 15.1 Å². The van der Waals surface area contributed by atoms with Crippen LogP contribution >= 0.6 is 0 Å². The van der Waals surface area contributed by atoms with Gasteiger partial charge in [0.25, 0.3) is 0 Å². The highest BCUT2D eigenvalue weighted by Crippen LogP contribution is 2.34. The standard InChI is InChI=1S/C21H42N4O/c1-7-22-20(25-13-12-18(16-25)24(8-2)9-3)23-15-17-11-10-14-26-19(17)21(4,5)6/h17-19H,7-16H2,1-6H3,(H,22,23). The van der Waals surface area contributed by atoms with Crippen molar-refractivity contribution in [3.05, 3.63) is 0 Å². The second-order valence-electron chi connectivity index (χ2n) is 8.86. The maximum absolute atomic E-state index is 6.14. The van der Waals surface area contributed by atoms with Gasteiger partial charge >= 0.3 is 0 Å². The number of nitrogens with one attached hydrogen (secondary N) is 1. The van der Waals surface area contributed by atoms with Crippen LogP contribution in [0.5, 0.6) is 0 Å². The third-order valence-corrected chi connectivity index (χ3v) is 5.90. The molecule has 0 radical (unpaired) electrons. The Hall–Kier alpha value is -0.810. The van der Waals surface area contributed by atoms with Crippen LogP contribution in [0.15, 0.2) is 4.99 Å². The average molecular weight is 367 g/mol. The predicted molar refractivity (Wildman–Crippen MR) is 111 cm³/mol. The summed E-state index contributed by atoms with van der Waals surface area (Å²) in [6.07, 6.45) is 3.94. The highest BCUT2D eigenvalue weighted by Gasteiger charge is 2.35. The molecule has 3 atom stereocenters. The van der Waals surface area contributed by atoms with E-state index in [9.17, 15) is 0 Å². The molecule has 152 valence electrons. The minimum atomic E-state index is 0.181. The molecule has 2 fully saturated rings. The maximum Gasteiger partial charge on any atom is 0.193 e. The third kappa shape index (κ3) is 5.59. The van der Waals surface area contributed by atoms with Gasteiger partial charge in [0.1, 0.15) is 0 Å². The Kier molecular flexibility index (Phi) is 8.21. The van der Waals surface area contributed by atoms with Crippen LogP contribution in [-0.2, 0) is 4.74 Å². The first-order valence-corrected chi connectivity index (χ1v) is 10.8. The fraction of sp³-hybridized carbons (Fsp3) is 0.952. The number of likely N-dealkylation sites (N-methyl/N-ethyl adjacent to an activating group) is 1. The normalized spacial score (nSPS) is 28.0. The Labute approximate surface area is 161 Å². The van der Waals surface area contributed by atoms with Gasteiger partial charge < -0.3 is 15.0 Å². The van der Waals surface area contributed by atoms with Gasteiger partial charge in [-0.15, -0.1) is 0 Å². The van der Waals surface area contributed by atoms with Crippen molar-refractivity contribution in [3.63, 3.8) is 0 Å². The van der Waals surface area contributed by atoms with Crippen LogP contribution in [0.1, 0.15) is 60.8 Å². The molecule has 0 aliphatic carbocycles. The zero-order valence-electron chi connectivity index (χ0n) is 18.1. The van der Waals surface area contributed by atoms with Gasteiger partial charge in [-0.1, -0.05) is 34.6 Å². The van der Waals surface area contributed by atoms with Crippen molar-refractivity contribution in [2.75, 3.05) is 45.9 Å². The third-order valence-electron chi connectivity index (χ3n) is 5.90. The first kappa shape index (κ1) is 21.5. The molecule has 2 aliphatic heterocycles. The lowest BCUT2D eigenvalue weighted by molar-refractivity contribution is -0.0824. The number of ether oxygens (including phenoxy) is 1. The molecule has 2 heterocycles. The minimum absolute atomic E-state index is 0.181. The highest BCUT2D eigenvalue weighted by atomic mass is 16.5. The summed E-state index contributed by atoms with van der Waals surface area (Å²) in [7, 11) is 0. The van der Waals surface area contributed by atoms with Gasteiger partial charge in [-0.2, -0.15) is 0 Å². The van der Waals surface area contributed by atoms with Gasteiger partial charge in [-0.05, 0) is 44.7 Å². The van der Waals surface area contributed by atoms with Crippen molar-refractivity contribution in [2.45, 2.75) is 73.0 Å². The lowest BCUT2D eigenvalue weighted by Crippen LogP contribution is -2.44. The Morgan fingerprint density at radius 1 is 1.19 bits per heavy atom. The number of likely N-dealkylation sites (tertiary alicyclic amines) is 1. The second kappa shape index (κ2) is 9.93. The van der Waals surface area contributed by atoms with Gasteiger partial charge in [0.2, 0.25) is 0 Å². The number of aliphatic imine (C=N–C) groups is 1. The molecule has 0 amide bonds. The molecule has 1 N–H and O–H groups in total. The molecule has 2 saturated heterocycles. The van der Waals surface area contributed by atoms with Crippen LogP contribution in [0.4, 0.5) is 0 Å². The molecule has 3 unspecified atom stereocenters. The van der Waals surface area contributed by atoms with Crippen molar-refractivity contribution < 1.29 is 4.74 Å². The summed E-state index contributed by atoms with van der Waals surface area (Å²) >= 11 is 0. The number of hydrogen-bond donors (Lipinski definition) is 1. The lowest BCUT2D eigenvalue weighted by Gasteiger charge is -2.39. The molecule has 26 heavy (non-hydrogen) atoms. The van der Waals surface area contributed by atoms with Gasteiger partial charge in [0.15, 0.2) is 5.96 Å². The Bertz CT molecular complexity index is 442. The van der Waals surface area contributed by atoms with Crippen LogP contribution < -0.4 is 5.32 Å². The molecule has 0 bridgehead atoms. The summed E-state index contributed by atoms with van der Waals surface area (Å²) in [5, 5.41) is 3.53. The van der Waals surface area contributed by atoms with E-state index in [0.29, 0.717) is 18.1 Å². The molecular formula is C21H42N4O. The largest absolute Gasteiger partial charge is 0.377 e. The molecule has 2 rings (SSSR count). The van der Waals surface area contributed by atoms with E-state index in [-0.39, 0.29) is 5.41 Å². The first-order chi connectivity index (χ1) is 12.4. The summed E-state index contributed by atoms with van der Waals surface area (Å²) in [6.45, 7) is 20.7. The Morgan fingerprint density at radius 3 is 2.54 bits per heavy atom. The van der Waals surface area contributed by atoms with Crippen molar-refractivity contribution >= 4 is 5.96 Å². The van der Waals surface area contributed by atoms with Crippen molar-refractivity contribution in [2.24, 2.45) is 16.3 Å². The Balaban J connectivity index is 2.02. The second-order valence-corrected chi connectivity index (χ2v) is 8.86. The molecule has 0 saturated carbocycles. The van der Waals surface area contributed by atoms with E-state index in [4.69, 9.17) is 9.73 Å². The van der Waals surface area contributed by atoms with E-state index < -0.39 is 0 Å². The van der Waals surface area contributed by atoms with Crippen molar-refractivity contribution in [1.29, 1.82) is 0 Å². The van der Waals surface area contributed by atoms with Gasteiger partial charge in [-0.25, -0.2) is 0 Å².